The Morgan fingerprint density at radius 3 is 0.711 bits per heavy atom. The second kappa shape index (κ2) is 22.3. The molecule has 0 fully saturated rings. The van der Waals surface area contributed by atoms with Crippen molar-refractivity contribution in [2.45, 2.75) is 0 Å². The van der Waals surface area contributed by atoms with Gasteiger partial charge >= 0.3 is 0 Å². The molecule has 0 saturated carbocycles. The second-order valence-corrected chi connectivity index (χ2v) is 21.0. The molecule has 0 aliphatic heterocycles. The Morgan fingerprint density at radius 1 is 0.217 bits per heavy atom. The molecule has 0 N–H and O–H groups in total. The van der Waals surface area contributed by atoms with Gasteiger partial charge in [0.15, 0.2) is 0 Å². The van der Waals surface area contributed by atoms with Crippen LogP contribution in [0.3, 0.4) is 0 Å². The maximum Gasteiger partial charge on any atom is 0.0541 e. The van der Waals surface area contributed by atoms with E-state index in [-0.39, 0.29) is 0 Å². The van der Waals surface area contributed by atoms with Crippen molar-refractivity contribution in [3.05, 3.63) is 340 Å². The first-order chi connectivity index (χ1) is 41.1. The molecule has 0 atom stereocenters. The number of hydrogen-bond acceptors (Lipinski definition) is 2. The van der Waals surface area contributed by atoms with E-state index in [1.807, 2.05) is 6.08 Å². The third kappa shape index (κ3) is 10.1. The lowest BCUT2D eigenvalue weighted by atomic mass is 9.99. The SMILES string of the molecule is C=Cc1ccc(-c2ccc(-c3ccc(N(c4ccc(-c5ccc(N(c6ccc(-c7ccccc7)cc6)c6ccc(-c7ccccc7)cc6)cc5)cc4)c4ccc(-c5ccc(-n6c7ccccc7c7ccccc76)cc5)cc4)cc3)cc2)cc1. The zero-order valence-electron chi connectivity index (χ0n) is 45.8. The van der Waals surface area contributed by atoms with Crippen LogP contribution in [0.15, 0.2) is 334 Å². The average molecular weight is 1060 g/mol. The topological polar surface area (TPSA) is 11.4 Å². The van der Waals surface area contributed by atoms with Gasteiger partial charge < -0.3 is 14.4 Å². The maximum atomic E-state index is 3.91. The van der Waals surface area contributed by atoms with E-state index in [1.54, 1.807) is 0 Å². The third-order valence-electron chi connectivity index (χ3n) is 16.0. The number of nitrogens with zero attached hydrogens (tertiary/aromatic N) is 3. The van der Waals surface area contributed by atoms with Crippen molar-refractivity contribution in [1.29, 1.82) is 0 Å². The van der Waals surface area contributed by atoms with Crippen molar-refractivity contribution in [2.75, 3.05) is 9.80 Å². The van der Waals surface area contributed by atoms with Crippen molar-refractivity contribution in [1.82, 2.24) is 4.57 Å². The van der Waals surface area contributed by atoms with Crippen molar-refractivity contribution in [3.8, 4) is 72.4 Å². The first-order valence-electron chi connectivity index (χ1n) is 28.3. The second-order valence-electron chi connectivity index (χ2n) is 21.0. The van der Waals surface area contributed by atoms with Crippen molar-refractivity contribution in [3.63, 3.8) is 0 Å². The van der Waals surface area contributed by atoms with E-state index in [4.69, 9.17) is 0 Å². The van der Waals surface area contributed by atoms with Crippen LogP contribution in [0.5, 0.6) is 0 Å². The standard InChI is InChI=1S/C80H57N3/c1-2-57-21-23-60(24-22-57)61-25-27-62(28-26-61)65-33-47-72(48-34-65)82(75-53-39-68(40-54-75)69-41-55-76(56-42-69)83-79-19-11-9-17-77(79)78-18-10-12-20-80(78)83)74-51-37-67(38-52-74)66-35-49-73(50-36-66)81(70-43-29-63(30-44-70)58-13-5-3-6-14-58)71-45-31-64(32-46-71)59-15-7-4-8-16-59/h2-56H,1H2. The summed E-state index contributed by atoms with van der Waals surface area (Å²) in [7, 11) is 0. The third-order valence-corrected chi connectivity index (χ3v) is 16.0. The fourth-order valence-corrected chi connectivity index (χ4v) is 11.6. The van der Waals surface area contributed by atoms with Gasteiger partial charge in [-0.15, -0.1) is 0 Å². The van der Waals surface area contributed by atoms with Crippen LogP contribution in [-0.2, 0) is 0 Å². The molecule has 3 nitrogen and oxygen atoms in total. The molecule has 0 aliphatic carbocycles. The Morgan fingerprint density at radius 2 is 0.434 bits per heavy atom. The number of rotatable bonds is 14. The van der Waals surface area contributed by atoms with Crippen LogP contribution < -0.4 is 9.80 Å². The van der Waals surface area contributed by atoms with Gasteiger partial charge in [-0.1, -0.05) is 243 Å². The molecule has 13 aromatic carbocycles. The van der Waals surface area contributed by atoms with Crippen LogP contribution in [0.4, 0.5) is 34.1 Å². The lowest BCUT2D eigenvalue weighted by Crippen LogP contribution is -2.10. The summed E-state index contributed by atoms with van der Waals surface area (Å²) in [4.78, 5) is 4.69. The van der Waals surface area contributed by atoms with Gasteiger partial charge in [0.25, 0.3) is 0 Å². The van der Waals surface area contributed by atoms with E-state index in [0.717, 1.165) is 73.2 Å². The summed E-state index contributed by atoms with van der Waals surface area (Å²) in [6.45, 7) is 3.91. The molecule has 14 rings (SSSR count). The van der Waals surface area contributed by atoms with E-state index in [9.17, 15) is 0 Å². The predicted molar refractivity (Wildman–Crippen MR) is 353 cm³/mol. The van der Waals surface area contributed by atoms with Gasteiger partial charge in [0.1, 0.15) is 0 Å². The summed E-state index contributed by atoms with van der Waals surface area (Å²) in [5, 5.41) is 2.52. The fourth-order valence-electron chi connectivity index (χ4n) is 11.6. The van der Waals surface area contributed by atoms with Gasteiger partial charge in [-0.05, 0) is 169 Å². The van der Waals surface area contributed by atoms with E-state index in [2.05, 4.69) is 349 Å². The van der Waals surface area contributed by atoms with Crippen LogP contribution >= 0.6 is 0 Å². The molecule has 3 heteroatoms. The Labute approximate surface area is 485 Å². The van der Waals surface area contributed by atoms with Crippen LogP contribution in [0.1, 0.15) is 5.56 Å². The molecular formula is C80H57N3. The number of fused-ring (bicyclic) bond motifs is 3. The average Bonchev–Trinajstić information content (AvgIpc) is 4.11. The van der Waals surface area contributed by atoms with E-state index >= 15 is 0 Å². The Hall–Kier alpha value is -11.0. The summed E-state index contributed by atoms with van der Waals surface area (Å²) in [5.74, 6) is 0. The Balaban J connectivity index is 0.768. The van der Waals surface area contributed by atoms with E-state index in [0.29, 0.717) is 0 Å². The molecule has 1 aromatic heterocycles. The lowest BCUT2D eigenvalue weighted by molar-refractivity contribution is 1.18. The Kier molecular flexibility index (Phi) is 13.5. The molecule has 0 aliphatic rings. The Bertz CT molecular complexity index is 4370. The highest BCUT2D eigenvalue weighted by molar-refractivity contribution is 6.09. The molecule has 0 amide bonds. The van der Waals surface area contributed by atoms with Crippen LogP contribution in [-0.4, -0.2) is 4.57 Å². The number of para-hydroxylation sites is 2. The summed E-state index contributed by atoms with van der Waals surface area (Å²) >= 11 is 0. The minimum atomic E-state index is 1.07. The minimum absolute atomic E-state index is 1.07. The normalized spacial score (nSPS) is 11.2. The van der Waals surface area contributed by atoms with Crippen LogP contribution in [0.2, 0.25) is 0 Å². The van der Waals surface area contributed by atoms with Crippen molar-refractivity contribution in [2.24, 2.45) is 0 Å². The van der Waals surface area contributed by atoms with Gasteiger partial charge in [0.05, 0.1) is 11.0 Å². The highest BCUT2D eigenvalue weighted by Gasteiger charge is 2.18. The molecule has 0 spiro atoms. The summed E-state index contributed by atoms with van der Waals surface area (Å²) in [6.07, 6.45) is 1.88. The molecule has 0 saturated heterocycles. The quantitative estimate of drug-likeness (QED) is 0.108. The smallest absolute Gasteiger partial charge is 0.0541 e. The largest absolute Gasteiger partial charge is 0.311 e. The highest BCUT2D eigenvalue weighted by Crippen LogP contribution is 2.41. The molecule has 1 heterocycles. The van der Waals surface area contributed by atoms with Gasteiger partial charge in [-0.25, -0.2) is 0 Å². The molecule has 83 heavy (non-hydrogen) atoms. The monoisotopic (exact) mass is 1060 g/mol. The molecule has 14 aromatic rings. The summed E-state index contributed by atoms with van der Waals surface area (Å²) < 4.78 is 2.37. The molecule has 0 radical (unpaired) electrons. The molecule has 0 unspecified atom stereocenters. The molecule has 0 bridgehead atoms. The zero-order chi connectivity index (χ0) is 55.5. The fraction of sp³-hybridized carbons (Fsp3) is 0. The first-order valence-corrected chi connectivity index (χ1v) is 28.3. The predicted octanol–water partition coefficient (Wildman–Crippen LogP) is 22.4. The first kappa shape index (κ1) is 50.2. The number of aromatic nitrogens is 1. The highest BCUT2D eigenvalue weighted by atomic mass is 15.1. The van der Waals surface area contributed by atoms with Crippen molar-refractivity contribution < 1.29 is 0 Å². The number of benzene rings is 13. The summed E-state index contributed by atoms with van der Waals surface area (Å²) in [6, 6.07) is 118. The molecule has 392 valence electrons. The van der Waals surface area contributed by atoms with Crippen molar-refractivity contribution >= 4 is 62.0 Å². The van der Waals surface area contributed by atoms with E-state index < -0.39 is 0 Å². The summed E-state index contributed by atoms with van der Waals surface area (Å²) in [5.41, 5.74) is 25.2. The zero-order valence-corrected chi connectivity index (χ0v) is 45.8. The number of hydrogen-bond donors (Lipinski definition) is 0. The van der Waals surface area contributed by atoms with Crippen LogP contribution in [0.25, 0.3) is 100 Å². The van der Waals surface area contributed by atoms with Gasteiger partial charge in [-0.3, -0.25) is 0 Å². The lowest BCUT2D eigenvalue weighted by Gasteiger charge is -2.27. The maximum absolute atomic E-state index is 3.91. The van der Waals surface area contributed by atoms with E-state index in [1.165, 1.54) is 60.8 Å². The van der Waals surface area contributed by atoms with Gasteiger partial charge in [0.2, 0.25) is 0 Å². The van der Waals surface area contributed by atoms with Gasteiger partial charge in [-0.2, -0.15) is 0 Å². The molecular weight excluding hydrogens is 1000 g/mol. The number of anilines is 6. The minimum Gasteiger partial charge on any atom is -0.311 e. The van der Waals surface area contributed by atoms with Gasteiger partial charge in [0, 0.05) is 50.6 Å². The van der Waals surface area contributed by atoms with Crippen LogP contribution in [0, 0.1) is 0 Å².